The summed E-state index contributed by atoms with van der Waals surface area (Å²) in [6, 6.07) is 3.36. The van der Waals surface area contributed by atoms with Gasteiger partial charge in [0.1, 0.15) is 11.6 Å². The van der Waals surface area contributed by atoms with Crippen LogP contribution in [-0.2, 0) is 0 Å². The highest BCUT2D eigenvalue weighted by atomic mass is 19.1. The maximum absolute atomic E-state index is 12.9. The van der Waals surface area contributed by atoms with Crippen molar-refractivity contribution in [2.24, 2.45) is 0 Å². The van der Waals surface area contributed by atoms with Gasteiger partial charge in [0.2, 0.25) is 0 Å². The van der Waals surface area contributed by atoms with Crippen LogP contribution in [0.4, 0.5) is 4.39 Å². The van der Waals surface area contributed by atoms with Crippen LogP contribution in [0, 0.1) is 5.82 Å². The molecule has 0 unspecified atom stereocenters. The van der Waals surface area contributed by atoms with Gasteiger partial charge in [0.15, 0.2) is 0 Å². The minimum absolute atomic E-state index is 0.00637. The minimum atomic E-state index is -0.526. The number of benzene rings is 1. The summed E-state index contributed by atoms with van der Waals surface area (Å²) in [5.41, 5.74) is -0.205. The fraction of sp³-hybridized carbons (Fsp3) is 0.417. The summed E-state index contributed by atoms with van der Waals surface area (Å²) in [6.45, 7) is 1.95. The highest BCUT2D eigenvalue weighted by Gasteiger charge is 2.33. The maximum atomic E-state index is 12.9. The van der Waals surface area contributed by atoms with E-state index in [1.54, 1.807) is 0 Å². The molecule has 1 aromatic carbocycles. The van der Waals surface area contributed by atoms with E-state index in [1.807, 2.05) is 6.92 Å². The van der Waals surface area contributed by atoms with Crippen molar-refractivity contribution in [3.63, 3.8) is 0 Å². The van der Waals surface area contributed by atoms with Gasteiger partial charge in [0.05, 0.1) is 5.56 Å². The van der Waals surface area contributed by atoms with Crippen molar-refractivity contribution in [1.29, 1.82) is 0 Å². The predicted molar refractivity (Wildman–Crippen MR) is 57.8 cm³/mol. The van der Waals surface area contributed by atoms with Crippen molar-refractivity contribution in [3.8, 4) is 5.75 Å². The zero-order valence-corrected chi connectivity index (χ0v) is 9.09. The van der Waals surface area contributed by atoms with Crippen LogP contribution in [0.5, 0.6) is 5.75 Å². The number of hydrogen-bond acceptors (Lipinski definition) is 2. The Morgan fingerprint density at radius 2 is 2.19 bits per heavy atom. The predicted octanol–water partition coefficient (Wildman–Crippen LogP) is 2.20. The lowest BCUT2D eigenvalue weighted by atomic mass is 9.78. The molecule has 4 heteroatoms. The van der Waals surface area contributed by atoms with Crippen molar-refractivity contribution in [2.75, 3.05) is 0 Å². The standard InChI is InChI=1S/C12H14FNO2/c1-12(5-2-6-12)14-11(16)9-7-8(13)3-4-10(9)15/h3-4,7,15H,2,5-6H2,1H3,(H,14,16). The van der Waals surface area contributed by atoms with Crippen LogP contribution >= 0.6 is 0 Å². The summed E-state index contributed by atoms with van der Waals surface area (Å²) >= 11 is 0. The summed E-state index contributed by atoms with van der Waals surface area (Å²) < 4.78 is 12.9. The number of phenolic OH excluding ortho intramolecular Hbond substituents is 1. The molecule has 0 spiro atoms. The number of carbonyl (C=O) groups is 1. The van der Waals surface area contributed by atoms with E-state index in [9.17, 15) is 14.3 Å². The van der Waals surface area contributed by atoms with Crippen LogP contribution in [0.1, 0.15) is 36.5 Å². The molecule has 2 rings (SSSR count). The zero-order chi connectivity index (χ0) is 11.8. The van der Waals surface area contributed by atoms with E-state index in [0.717, 1.165) is 31.4 Å². The van der Waals surface area contributed by atoms with Crippen LogP contribution in [0.15, 0.2) is 18.2 Å². The van der Waals surface area contributed by atoms with E-state index in [4.69, 9.17) is 0 Å². The molecule has 1 amide bonds. The number of halogens is 1. The van der Waals surface area contributed by atoms with E-state index in [-0.39, 0.29) is 16.9 Å². The number of amides is 1. The van der Waals surface area contributed by atoms with E-state index >= 15 is 0 Å². The zero-order valence-electron chi connectivity index (χ0n) is 9.09. The number of phenols is 1. The summed E-state index contributed by atoms with van der Waals surface area (Å²) in [6.07, 6.45) is 2.94. The van der Waals surface area contributed by atoms with Gasteiger partial charge in [-0.15, -0.1) is 0 Å². The van der Waals surface area contributed by atoms with Crippen molar-refractivity contribution < 1.29 is 14.3 Å². The Bertz CT molecular complexity index is 427. The third kappa shape index (κ3) is 2.01. The maximum Gasteiger partial charge on any atom is 0.255 e. The molecule has 1 aliphatic carbocycles. The first-order valence-electron chi connectivity index (χ1n) is 5.31. The second-order valence-corrected chi connectivity index (χ2v) is 4.53. The van der Waals surface area contributed by atoms with Gasteiger partial charge in [-0.2, -0.15) is 0 Å². The minimum Gasteiger partial charge on any atom is -0.507 e. The molecular formula is C12H14FNO2. The average molecular weight is 223 g/mol. The molecule has 0 aliphatic heterocycles. The summed E-state index contributed by atoms with van der Waals surface area (Å²) in [7, 11) is 0. The Balaban J connectivity index is 2.17. The molecule has 0 atom stereocenters. The molecule has 0 radical (unpaired) electrons. The molecular weight excluding hydrogens is 209 g/mol. The van der Waals surface area contributed by atoms with Crippen molar-refractivity contribution >= 4 is 5.91 Å². The van der Waals surface area contributed by atoms with Gasteiger partial charge in [-0.05, 0) is 44.4 Å². The monoisotopic (exact) mass is 223 g/mol. The second-order valence-electron chi connectivity index (χ2n) is 4.53. The molecule has 0 saturated heterocycles. The quantitative estimate of drug-likeness (QED) is 0.807. The molecule has 1 aromatic rings. The Morgan fingerprint density at radius 1 is 1.50 bits per heavy atom. The van der Waals surface area contributed by atoms with Gasteiger partial charge in [-0.25, -0.2) is 4.39 Å². The number of nitrogens with one attached hydrogen (secondary N) is 1. The van der Waals surface area contributed by atoms with Crippen molar-refractivity contribution in [1.82, 2.24) is 5.32 Å². The third-order valence-corrected chi connectivity index (χ3v) is 3.08. The molecule has 2 N–H and O–H groups in total. The molecule has 0 aromatic heterocycles. The number of carbonyl (C=O) groups excluding carboxylic acids is 1. The van der Waals surface area contributed by atoms with E-state index in [1.165, 1.54) is 6.07 Å². The van der Waals surface area contributed by atoms with Gasteiger partial charge in [0.25, 0.3) is 5.91 Å². The van der Waals surface area contributed by atoms with E-state index in [0.29, 0.717) is 0 Å². The van der Waals surface area contributed by atoms with Gasteiger partial charge < -0.3 is 10.4 Å². The molecule has 3 nitrogen and oxygen atoms in total. The smallest absolute Gasteiger partial charge is 0.255 e. The van der Waals surface area contributed by atoms with Gasteiger partial charge in [-0.3, -0.25) is 4.79 Å². The molecule has 1 aliphatic rings. The van der Waals surface area contributed by atoms with Gasteiger partial charge in [0, 0.05) is 5.54 Å². The molecule has 0 heterocycles. The van der Waals surface area contributed by atoms with Crippen LogP contribution in [0.3, 0.4) is 0 Å². The number of hydrogen-bond donors (Lipinski definition) is 2. The lowest BCUT2D eigenvalue weighted by molar-refractivity contribution is 0.0847. The largest absolute Gasteiger partial charge is 0.507 e. The van der Waals surface area contributed by atoms with Crippen molar-refractivity contribution in [3.05, 3.63) is 29.6 Å². The van der Waals surface area contributed by atoms with Crippen LogP contribution < -0.4 is 5.32 Å². The lowest BCUT2D eigenvalue weighted by Crippen LogP contribution is -2.50. The molecule has 1 saturated carbocycles. The van der Waals surface area contributed by atoms with Crippen LogP contribution in [0.2, 0.25) is 0 Å². The fourth-order valence-corrected chi connectivity index (χ4v) is 1.86. The first-order valence-corrected chi connectivity index (χ1v) is 5.31. The summed E-state index contributed by atoms with van der Waals surface area (Å²) in [4.78, 5) is 11.8. The van der Waals surface area contributed by atoms with Crippen LogP contribution in [-0.4, -0.2) is 16.6 Å². The normalized spacial score (nSPS) is 17.6. The number of aromatic hydroxyl groups is 1. The molecule has 0 bridgehead atoms. The molecule has 1 fully saturated rings. The van der Waals surface area contributed by atoms with Gasteiger partial charge >= 0.3 is 0 Å². The van der Waals surface area contributed by atoms with E-state index < -0.39 is 11.7 Å². The molecule has 86 valence electrons. The summed E-state index contributed by atoms with van der Waals surface area (Å²) in [5, 5.41) is 12.3. The van der Waals surface area contributed by atoms with Crippen molar-refractivity contribution in [2.45, 2.75) is 31.7 Å². The average Bonchev–Trinajstić information content (AvgIpc) is 2.19. The van der Waals surface area contributed by atoms with E-state index in [2.05, 4.69) is 5.32 Å². The number of rotatable bonds is 2. The van der Waals surface area contributed by atoms with Gasteiger partial charge in [-0.1, -0.05) is 0 Å². The topological polar surface area (TPSA) is 49.3 Å². The third-order valence-electron chi connectivity index (χ3n) is 3.08. The Labute approximate surface area is 93.3 Å². The Morgan fingerprint density at radius 3 is 2.75 bits per heavy atom. The Hall–Kier alpha value is -1.58. The SMILES string of the molecule is CC1(NC(=O)c2cc(F)ccc2O)CCC1. The highest BCUT2D eigenvalue weighted by Crippen LogP contribution is 2.31. The lowest BCUT2D eigenvalue weighted by Gasteiger charge is -2.39. The molecule has 16 heavy (non-hydrogen) atoms. The first kappa shape index (κ1) is 10.9. The first-order chi connectivity index (χ1) is 7.50. The highest BCUT2D eigenvalue weighted by molar-refractivity contribution is 5.97. The summed E-state index contributed by atoms with van der Waals surface area (Å²) in [5.74, 6) is -1.14. The van der Waals surface area contributed by atoms with Crippen LogP contribution in [0.25, 0.3) is 0 Å². The second kappa shape index (κ2) is 3.77. The Kier molecular flexibility index (Phi) is 2.58. The fourth-order valence-electron chi connectivity index (χ4n) is 1.86.